The molecule has 0 amide bonds. The van der Waals surface area contributed by atoms with E-state index < -0.39 is 0 Å². The Morgan fingerprint density at radius 2 is 2.07 bits per heavy atom. The lowest BCUT2D eigenvalue weighted by molar-refractivity contribution is 0.414. The Labute approximate surface area is 182 Å². The lowest BCUT2D eigenvalue weighted by Crippen LogP contribution is -2.40. The van der Waals surface area contributed by atoms with E-state index in [0.29, 0.717) is 18.2 Å². The van der Waals surface area contributed by atoms with Gasteiger partial charge in [-0.1, -0.05) is 23.7 Å². The topological polar surface area (TPSA) is 67.8 Å². The minimum atomic E-state index is 0.596. The van der Waals surface area contributed by atoms with Gasteiger partial charge in [0.1, 0.15) is 22.5 Å². The SMILES string of the molecule is COc1ccc(CCNC(=NCCc2ccco2)N(C)Cc2ncc(Cl)n2C)cc1. The minimum absolute atomic E-state index is 0.596. The Morgan fingerprint density at radius 1 is 1.27 bits per heavy atom. The molecule has 30 heavy (non-hydrogen) atoms. The number of ether oxygens (including phenoxy) is 1. The van der Waals surface area contributed by atoms with Gasteiger partial charge in [0.15, 0.2) is 5.96 Å². The average Bonchev–Trinajstić information content (AvgIpc) is 3.38. The highest BCUT2D eigenvalue weighted by atomic mass is 35.5. The number of imidazole rings is 1. The lowest BCUT2D eigenvalue weighted by Gasteiger charge is -2.22. The molecule has 7 nitrogen and oxygen atoms in total. The number of nitrogens with one attached hydrogen (secondary N) is 1. The first kappa shape index (κ1) is 21.8. The summed E-state index contributed by atoms with van der Waals surface area (Å²) >= 11 is 6.12. The predicted molar refractivity (Wildman–Crippen MR) is 119 cm³/mol. The van der Waals surface area contributed by atoms with Gasteiger partial charge in [-0.3, -0.25) is 4.99 Å². The summed E-state index contributed by atoms with van der Waals surface area (Å²) in [5, 5.41) is 4.08. The van der Waals surface area contributed by atoms with Gasteiger partial charge < -0.3 is 23.9 Å². The summed E-state index contributed by atoms with van der Waals surface area (Å²) < 4.78 is 12.5. The summed E-state index contributed by atoms with van der Waals surface area (Å²) in [7, 11) is 5.57. The quantitative estimate of drug-likeness (QED) is 0.416. The van der Waals surface area contributed by atoms with Crippen molar-refractivity contribution in [2.24, 2.45) is 12.0 Å². The highest BCUT2D eigenvalue weighted by molar-refractivity contribution is 6.29. The zero-order valence-electron chi connectivity index (χ0n) is 17.6. The normalized spacial score (nSPS) is 11.5. The van der Waals surface area contributed by atoms with Crippen molar-refractivity contribution in [3.63, 3.8) is 0 Å². The van der Waals surface area contributed by atoms with Gasteiger partial charge in [0.05, 0.1) is 26.1 Å². The number of nitrogens with zero attached hydrogens (tertiary/aromatic N) is 4. The van der Waals surface area contributed by atoms with E-state index in [1.807, 2.05) is 42.9 Å². The zero-order valence-corrected chi connectivity index (χ0v) is 18.4. The standard InChI is InChI=1S/C22H28ClN5O2/c1-27(16-21-26-15-20(23)28(21)2)22(25-13-11-19-5-4-14-30-19)24-12-10-17-6-8-18(29-3)9-7-17/h4-9,14-15H,10-13,16H2,1-3H3,(H,24,25). The van der Waals surface area contributed by atoms with Crippen LogP contribution in [0.25, 0.3) is 0 Å². The second kappa shape index (κ2) is 10.7. The van der Waals surface area contributed by atoms with Crippen molar-refractivity contribution in [3.05, 3.63) is 71.2 Å². The molecule has 3 rings (SSSR count). The third-order valence-corrected chi connectivity index (χ3v) is 5.17. The Hall–Kier alpha value is -2.93. The number of benzene rings is 1. The third-order valence-electron chi connectivity index (χ3n) is 4.82. The maximum absolute atomic E-state index is 6.12. The van der Waals surface area contributed by atoms with E-state index in [1.165, 1.54) is 5.56 Å². The number of guanidine groups is 1. The molecule has 8 heteroatoms. The second-order valence-corrected chi connectivity index (χ2v) is 7.36. The van der Waals surface area contributed by atoms with Crippen LogP contribution in [0.4, 0.5) is 0 Å². The Kier molecular flexibility index (Phi) is 7.79. The van der Waals surface area contributed by atoms with Crippen LogP contribution in [0, 0.1) is 0 Å². The minimum Gasteiger partial charge on any atom is -0.497 e. The van der Waals surface area contributed by atoms with Crippen LogP contribution in [0.1, 0.15) is 17.1 Å². The maximum atomic E-state index is 6.12. The Morgan fingerprint density at radius 3 is 2.70 bits per heavy atom. The van der Waals surface area contributed by atoms with Crippen LogP contribution in [-0.4, -0.2) is 47.7 Å². The maximum Gasteiger partial charge on any atom is 0.194 e. The predicted octanol–water partition coefficient (Wildman–Crippen LogP) is 3.54. The summed E-state index contributed by atoms with van der Waals surface area (Å²) in [5.41, 5.74) is 1.23. The second-order valence-electron chi connectivity index (χ2n) is 6.97. The van der Waals surface area contributed by atoms with Crippen molar-refractivity contribution in [2.45, 2.75) is 19.4 Å². The molecule has 0 atom stereocenters. The van der Waals surface area contributed by atoms with Crippen LogP contribution < -0.4 is 10.1 Å². The number of aromatic nitrogens is 2. The summed E-state index contributed by atoms with van der Waals surface area (Å²) in [6, 6.07) is 12.0. The molecule has 0 spiro atoms. The summed E-state index contributed by atoms with van der Waals surface area (Å²) in [6.45, 7) is 1.99. The summed E-state index contributed by atoms with van der Waals surface area (Å²) in [6.07, 6.45) is 4.97. The van der Waals surface area contributed by atoms with Gasteiger partial charge in [-0.2, -0.15) is 0 Å². The molecule has 2 heterocycles. The fourth-order valence-electron chi connectivity index (χ4n) is 3.01. The molecule has 0 aliphatic carbocycles. The van der Waals surface area contributed by atoms with Crippen LogP contribution in [-0.2, 0) is 26.4 Å². The lowest BCUT2D eigenvalue weighted by atomic mass is 10.1. The number of halogens is 1. The molecular formula is C22H28ClN5O2. The number of furan rings is 1. The van der Waals surface area contributed by atoms with Crippen LogP contribution >= 0.6 is 11.6 Å². The van der Waals surface area contributed by atoms with Crippen LogP contribution in [0.2, 0.25) is 5.15 Å². The van der Waals surface area contributed by atoms with E-state index in [-0.39, 0.29) is 0 Å². The molecule has 0 unspecified atom stereocenters. The smallest absolute Gasteiger partial charge is 0.194 e. The van der Waals surface area contributed by atoms with E-state index in [1.54, 1.807) is 19.6 Å². The van der Waals surface area contributed by atoms with Gasteiger partial charge in [0.2, 0.25) is 0 Å². The van der Waals surface area contributed by atoms with E-state index in [4.69, 9.17) is 25.7 Å². The molecule has 0 saturated heterocycles. The van der Waals surface area contributed by atoms with E-state index >= 15 is 0 Å². The first-order chi connectivity index (χ1) is 14.6. The fourth-order valence-corrected chi connectivity index (χ4v) is 3.15. The highest BCUT2D eigenvalue weighted by Crippen LogP contribution is 2.12. The first-order valence-corrected chi connectivity index (χ1v) is 10.3. The van der Waals surface area contributed by atoms with Crippen LogP contribution in [0.15, 0.2) is 58.3 Å². The molecule has 1 aromatic carbocycles. The molecule has 160 valence electrons. The summed E-state index contributed by atoms with van der Waals surface area (Å²) in [4.78, 5) is 11.2. The molecular weight excluding hydrogens is 402 g/mol. The fraction of sp³-hybridized carbons (Fsp3) is 0.364. The van der Waals surface area contributed by atoms with Crippen molar-refractivity contribution in [1.82, 2.24) is 19.8 Å². The molecule has 3 aromatic rings. The van der Waals surface area contributed by atoms with Crippen molar-refractivity contribution >= 4 is 17.6 Å². The number of hydrogen-bond acceptors (Lipinski definition) is 4. The van der Waals surface area contributed by atoms with Gasteiger partial charge in [-0.15, -0.1) is 0 Å². The number of hydrogen-bond donors (Lipinski definition) is 1. The van der Waals surface area contributed by atoms with Gasteiger partial charge in [-0.05, 0) is 36.2 Å². The van der Waals surface area contributed by atoms with Gasteiger partial charge in [0.25, 0.3) is 0 Å². The number of rotatable bonds is 9. The van der Waals surface area contributed by atoms with E-state index in [2.05, 4.69) is 27.3 Å². The van der Waals surface area contributed by atoms with E-state index in [9.17, 15) is 0 Å². The van der Waals surface area contributed by atoms with Crippen molar-refractivity contribution in [2.75, 3.05) is 27.2 Å². The molecule has 0 saturated carbocycles. The van der Waals surface area contributed by atoms with Gasteiger partial charge >= 0.3 is 0 Å². The Balaban J connectivity index is 1.61. The monoisotopic (exact) mass is 429 g/mol. The highest BCUT2D eigenvalue weighted by Gasteiger charge is 2.12. The Bertz CT molecular complexity index is 935. The molecule has 0 aliphatic rings. The van der Waals surface area contributed by atoms with Crippen LogP contribution in [0.3, 0.4) is 0 Å². The zero-order chi connectivity index (χ0) is 21.3. The molecule has 0 aliphatic heterocycles. The van der Waals surface area contributed by atoms with E-state index in [0.717, 1.165) is 42.7 Å². The first-order valence-electron chi connectivity index (χ1n) is 9.87. The number of methoxy groups -OCH3 is 1. The summed E-state index contributed by atoms with van der Waals surface area (Å²) in [5.74, 6) is 3.47. The molecule has 1 N–H and O–H groups in total. The van der Waals surface area contributed by atoms with Crippen molar-refractivity contribution in [3.8, 4) is 5.75 Å². The molecule has 2 aromatic heterocycles. The van der Waals surface area contributed by atoms with Crippen molar-refractivity contribution < 1.29 is 9.15 Å². The third kappa shape index (κ3) is 6.03. The molecule has 0 radical (unpaired) electrons. The van der Waals surface area contributed by atoms with Gasteiger partial charge in [0, 0.05) is 33.6 Å². The average molecular weight is 430 g/mol. The van der Waals surface area contributed by atoms with Gasteiger partial charge in [-0.25, -0.2) is 4.98 Å². The molecule has 0 bridgehead atoms. The van der Waals surface area contributed by atoms with Crippen molar-refractivity contribution in [1.29, 1.82) is 0 Å². The van der Waals surface area contributed by atoms with Crippen LogP contribution in [0.5, 0.6) is 5.75 Å². The molecule has 0 fully saturated rings. The largest absolute Gasteiger partial charge is 0.497 e. The number of aliphatic imine (C=N–C) groups is 1.